The Bertz CT molecular complexity index is 757. The van der Waals surface area contributed by atoms with Crippen molar-refractivity contribution >= 4 is 46.4 Å². The summed E-state index contributed by atoms with van der Waals surface area (Å²) in [4.78, 5) is 14.7. The van der Waals surface area contributed by atoms with E-state index in [1.165, 1.54) is 0 Å². The van der Waals surface area contributed by atoms with Crippen LogP contribution in [0.3, 0.4) is 0 Å². The van der Waals surface area contributed by atoms with Crippen LogP contribution in [0.5, 0.6) is 0 Å². The highest BCUT2D eigenvalue weighted by molar-refractivity contribution is 6.42. The third kappa shape index (κ3) is 6.09. The number of nitrogens with one attached hydrogen (secondary N) is 1. The van der Waals surface area contributed by atoms with Gasteiger partial charge in [-0.05, 0) is 30.5 Å². The molecule has 1 atom stereocenters. The maximum absolute atomic E-state index is 12.6. The van der Waals surface area contributed by atoms with Crippen LogP contribution in [0.4, 0.5) is 5.69 Å². The topological polar surface area (TPSA) is 41.6 Å². The van der Waals surface area contributed by atoms with Crippen LogP contribution < -0.4 is 5.32 Å². The molecule has 144 valence electrons. The van der Waals surface area contributed by atoms with Crippen LogP contribution in [-0.4, -0.2) is 36.6 Å². The Morgan fingerprint density at radius 2 is 1.85 bits per heavy atom. The number of carbonyl (C=O) groups is 1. The summed E-state index contributed by atoms with van der Waals surface area (Å²) in [5.74, 6) is -0.185. The fourth-order valence-corrected chi connectivity index (χ4v) is 4.06. The zero-order valence-electron chi connectivity index (χ0n) is 14.8. The van der Waals surface area contributed by atoms with Crippen molar-refractivity contribution in [1.29, 1.82) is 0 Å². The summed E-state index contributed by atoms with van der Waals surface area (Å²) in [6, 6.07) is 13.2. The number of halogens is 3. The van der Waals surface area contributed by atoms with E-state index in [0.717, 1.165) is 25.0 Å². The van der Waals surface area contributed by atoms with Crippen molar-refractivity contribution in [3.63, 3.8) is 0 Å². The van der Waals surface area contributed by atoms with E-state index in [9.17, 15) is 4.79 Å². The molecule has 1 N–H and O–H groups in total. The van der Waals surface area contributed by atoms with E-state index >= 15 is 0 Å². The van der Waals surface area contributed by atoms with Gasteiger partial charge in [0.05, 0.1) is 28.4 Å². The SMILES string of the molecule is O=C(CN(Cc1ccccc1)CC1CCCO1)Nc1c(Cl)cc(Cl)cc1Cl. The van der Waals surface area contributed by atoms with Gasteiger partial charge in [0, 0.05) is 24.7 Å². The Morgan fingerprint density at radius 3 is 2.48 bits per heavy atom. The number of anilines is 1. The van der Waals surface area contributed by atoms with E-state index in [1.807, 2.05) is 30.3 Å². The van der Waals surface area contributed by atoms with Gasteiger partial charge in [-0.25, -0.2) is 0 Å². The lowest BCUT2D eigenvalue weighted by Crippen LogP contribution is -2.38. The lowest BCUT2D eigenvalue weighted by molar-refractivity contribution is -0.117. The Kier molecular flexibility index (Phi) is 7.39. The summed E-state index contributed by atoms with van der Waals surface area (Å²) in [6.45, 7) is 2.36. The Hall–Kier alpha value is -1.30. The van der Waals surface area contributed by atoms with Crippen LogP contribution >= 0.6 is 34.8 Å². The van der Waals surface area contributed by atoms with Gasteiger partial charge in [0.25, 0.3) is 0 Å². The zero-order valence-corrected chi connectivity index (χ0v) is 17.0. The average molecular weight is 428 g/mol. The quantitative estimate of drug-likeness (QED) is 0.655. The summed E-state index contributed by atoms with van der Waals surface area (Å²) in [5.41, 5.74) is 1.52. The Labute approximate surface area is 174 Å². The molecule has 0 bridgehead atoms. The standard InChI is InChI=1S/C20H21Cl3N2O2/c21-15-9-17(22)20(18(23)10-15)24-19(26)13-25(12-16-7-4-8-27-16)11-14-5-2-1-3-6-14/h1-3,5-6,9-10,16H,4,7-8,11-13H2,(H,24,26). The molecule has 0 aliphatic carbocycles. The number of hydrogen-bond acceptors (Lipinski definition) is 3. The minimum atomic E-state index is -0.185. The van der Waals surface area contributed by atoms with Crippen LogP contribution in [0, 0.1) is 0 Å². The number of benzene rings is 2. The molecule has 1 heterocycles. The molecular formula is C20H21Cl3N2O2. The molecule has 1 aliphatic heterocycles. The van der Waals surface area contributed by atoms with Gasteiger partial charge >= 0.3 is 0 Å². The number of amides is 1. The molecule has 2 aromatic carbocycles. The molecule has 27 heavy (non-hydrogen) atoms. The zero-order chi connectivity index (χ0) is 19.2. The largest absolute Gasteiger partial charge is 0.377 e. The molecular weight excluding hydrogens is 407 g/mol. The van der Waals surface area contributed by atoms with E-state index in [4.69, 9.17) is 39.5 Å². The third-order valence-corrected chi connectivity index (χ3v) is 5.19. The molecule has 4 nitrogen and oxygen atoms in total. The maximum Gasteiger partial charge on any atom is 0.238 e. The molecule has 0 radical (unpaired) electrons. The molecule has 2 aromatic rings. The maximum atomic E-state index is 12.6. The second kappa shape index (κ2) is 9.76. The summed E-state index contributed by atoms with van der Waals surface area (Å²) in [5, 5.41) is 3.86. The van der Waals surface area contributed by atoms with E-state index in [0.29, 0.717) is 33.8 Å². The van der Waals surface area contributed by atoms with Gasteiger partial charge in [-0.1, -0.05) is 65.1 Å². The molecule has 1 fully saturated rings. The number of ether oxygens (including phenoxy) is 1. The van der Waals surface area contributed by atoms with E-state index < -0.39 is 0 Å². The van der Waals surface area contributed by atoms with Crippen molar-refractivity contribution in [2.45, 2.75) is 25.5 Å². The molecule has 0 saturated carbocycles. The van der Waals surface area contributed by atoms with Gasteiger partial charge < -0.3 is 10.1 Å². The van der Waals surface area contributed by atoms with Crippen molar-refractivity contribution in [1.82, 2.24) is 4.90 Å². The van der Waals surface area contributed by atoms with Crippen LogP contribution in [0.25, 0.3) is 0 Å². The van der Waals surface area contributed by atoms with Gasteiger partial charge in [-0.2, -0.15) is 0 Å². The lowest BCUT2D eigenvalue weighted by atomic mass is 10.2. The van der Waals surface area contributed by atoms with Crippen molar-refractivity contribution in [2.75, 3.05) is 25.0 Å². The first-order chi connectivity index (χ1) is 13.0. The fourth-order valence-electron chi connectivity index (χ4n) is 3.15. The number of rotatable bonds is 7. The minimum absolute atomic E-state index is 0.157. The van der Waals surface area contributed by atoms with Gasteiger partial charge in [0.1, 0.15) is 0 Å². The monoisotopic (exact) mass is 426 g/mol. The molecule has 1 aliphatic rings. The Morgan fingerprint density at radius 1 is 1.15 bits per heavy atom. The first-order valence-electron chi connectivity index (χ1n) is 8.83. The van der Waals surface area contributed by atoms with Gasteiger partial charge in [-0.15, -0.1) is 0 Å². The molecule has 7 heteroatoms. The second-order valence-electron chi connectivity index (χ2n) is 6.58. The predicted octanol–water partition coefficient (Wildman–Crippen LogP) is 5.27. The van der Waals surface area contributed by atoms with Crippen LogP contribution in [0.1, 0.15) is 18.4 Å². The van der Waals surface area contributed by atoms with E-state index in [2.05, 4.69) is 10.2 Å². The molecule has 0 aromatic heterocycles. The highest BCUT2D eigenvalue weighted by Crippen LogP contribution is 2.33. The third-order valence-electron chi connectivity index (χ3n) is 4.37. The highest BCUT2D eigenvalue weighted by atomic mass is 35.5. The van der Waals surface area contributed by atoms with Gasteiger partial charge in [0.15, 0.2) is 0 Å². The average Bonchev–Trinajstić information content (AvgIpc) is 3.12. The normalized spacial score (nSPS) is 16.7. The lowest BCUT2D eigenvalue weighted by Gasteiger charge is -2.25. The van der Waals surface area contributed by atoms with Crippen LogP contribution in [-0.2, 0) is 16.1 Å². The first kappa shape index (κ1) is 20.4. The summed E-state index contributed by atoms with van der Waals surface area (Å²) in [7, 11) is 0. The fraction of sp³-hybridized carbons (Fsp3) is 0.350. The number of hydrogen-bond donors (Lipinski definition) is 1. The summed E-state index contributed by atoms with van der Waals surface area (Å²) >= 11 is 18.3. The van der Waals surface area contributed by atoms with Gasteiger partial charge in [-0.3, -0.25) is 9.69 Å². The molecule has 1 saturated heterocycles. The van der Waals surface area contributed by atoms with Crippen molar-refractivity contribution < 1.29 is 9.53 Å². The van der Waals surface area contributed by atoms with Crippen LogP contribution in [0.15, 0.2) is 42.5 Å². The highest BCUT2D eigenvalue weighted by Gasteiger charge is 2.22. The smallest absolute Gasteiger partial charge is 0.238 e. The molecule has 1 unspecified atom stereocenters. The second-order valence-corrected chi connectivity index (χ2v) is 7.83. The minimum Gasteiger partial charge on any atom is -0.377 e. The molecule has 1 amide bonds. The number of carbonyl (C=O) groups excluding carboxylic acids is 1. The number of nitrogens with zero attached hydrogens (tertiary/aromatic N) is 1. The molecule has 3 rings (SSSR count). The van der Waals surface area contributed by atoms with Gasteiger partial charge in [0.2, 0.25) is 5.91 Å². The Balaban J connectivity index is 1.67. The summed E-state index contributed by atoms with van der Waals surface area (Å²) < 4.78 is 5.74. The van der Waals surface area contributed by atoms with E-state index in [-0.39, 0.29) is 18.6 Å². The molecule has 0 spiro atoms. The van der Waals surface area contributed by atoms with E-state index in [1.54, 1.807) is 12.1 Å². The summed E-state index contributed by atoms with van der Waals surface area (Å²) in [6.07, 6.45) is 2.23. The van der Waals surface area contributed by atoms with Crippen molar-refractivity contribution in [2.24, 2.45) is 0 Å². The van der Waals surface area contributed by atoms with Crippen molar-refractivity contribution in [3.05, 3.63) is 63.1 Å². The van der Waals surface area contributed by atoms with Crippen LogP contribution in [0.2, 0.25) is 15.1 Å². The predicted molar refractivity (Wildman–Crippen MR) is 111 cm³/mol. The first-order valence-corrected chi connectivity index (χ1v) is 9.97. The van der Waals surface area contributed by atoms with Crippen molar-refractivity contribution in [3.8, 4) is 0 Å².